The average molecular weight is 268 g/mol. The summed E-state index contributed by atoms with van der Waals surface area (Å²) in [5.41, 5.74) is -0.678. The van der Waals surface area contributed by atoms with Gasteiger partial charge in [-0.3, -0.25) is 4.79 Å². The second-order valence-corrected chi connectivity index (χ2v) is 3.17. The van der Waals surface area contributed by atoms with E-state index in [4.69, 9.17) is 10.2 Å². The maximum atomic E-state index is 11.2. The fraction of sp³-hybridized carbons (Fsp3) is 0.167. The molecule has 2 N–H and O–H groups in total. The molecule has 0 aliphatic carbocycles. The van der Waals surface area contributed by atoms with Gasteiger partial charge < -0.3 is 14.9 Å². The van der Waals surface area contributed by atoms with Crippen molar-refractivity contribution in [3.05, 3.63) is 36.0 Å². The predicted molar refractivity (Wildman–Crippen MR) is 63.0 cm³/mol. The molecule has 0 spiro atoms. The molecular formula is C12H12O7. The van der Waals surface area contributed by atoms with Crippen molar-refractivity contribution >= 4 is 23.9 Å². The van der Waals surface area contributed by atoms with Crippen molar-refractivity contribution in [2.45, 2.75) is 13.3 Å². The lowest BCUT2D eigenvalue weighted by Gasteiger charge is -2.00. The summed E-state index contributed by atoms with van der Waals surface area (Å²) in [5.74, 6) is -5.20. The van der Waals surface area contributed by atoms with Gasteiger partial charge in [0.05, 0.1) is 12.0 Å². The van der Waals surface area contributed by atoms with Crippen LogP contribution in [0.4, 0.5) is 0 Å². The van der Waals surface area contributed by atoms with Crippen molar-refractivity contribution in [3.63, 3.8) is 0 Å². The van der Waals surface area contributed by atoms with Crippen LogP contribution < -0.4 is 0 Å². The molecule has 0 amide bonds. The van der Waals surface area contributed by atoms with Gasteiger partial charge in [0.15, 0.2) is 0 Å². The molecule has 0 fully saturated rings. The van der Waals surface area contributed by atoms with Crippen LogP contribution >= 0.6 is 0 Å². The zero-order chi connectivity index (χ0) is 14.8. The number of ether oxygens (including phenoxy) is 1. The van der Waals surface area contributed by atoms with Crippen molar-refractivity contribution in [1.29, 1.82) is 0 Å². The highest BCUT2D eigenvalue weighted by molar-refractivity contribution is 6.00. The monoisotopic (exact) mass is 268 g/mol. The van der Waals surface area contributed by atoms with Crippen molar-refractivity contribution < 1.29 is 34.1 Å². The summed E-state index contributed by atoms with van der Waals surface area (Å²) in [6, 6.07) is 0. The van der Waals surface area contributed by atoms with E-state index in [1.165, 1.54) is 12.2 Å². The molecule has 7 heteroatoms. The van der Waals surface area contributed by atoms with Gasteiger partial charge in [0.2, 0.25) is 0 Å². The lowest BCUT2D eigenvalue weighted by atomic mass is 10.2. The molecule has 0 bridgehead atoms. The quantitative estimate of drug-likeness (QED) is 0.314. The van der Waals surface area contributed by atoms with Gasteiger partial charge in [-0.1, -0.05) is 18.2 Å². The number of carbonyl (C=O) groups is 4. The summed E-state index contributed by atoms with van der Waals surface area (Å²) in [6.07, 6.45) is 5.02. The molecule has 102 valence electrons. The Kier molecular flexibility index (Phi) is 7.21. The number of hydrogen-bond donors (Lipinski definition) is 2. The van der Waals surface area contributed by atoms with Gasteiger partial charge >= 0.3 is 23.9 Å². The van der Waals surface area contributed by atoms with Gasteiger partial charge in [0.25, 0.3) is 0 Å². The summed E-state index contributed by atoms with van der Waals surface area (Å²) in [6.45, 7) is 1.72. The third-order valence-corrected chi connectivity index (χ3v) is 1.66. The normalized spacial score (nSPS) is 11.7. The largest absolute Gasteiger partial charge is 0.478 e. The second-order valence-electron chi connectivity index (χ2n) is 3.17. The van der Waals surface area contributed by atoms with Gasteiger partial charge in [-0.25, -0.2) is 14.4 Å². The Morgan fingerprint density at radius 2 is 1.74 bits per heavy atom. The van der Waals surface area contributed by atoms with E-state index >= 15 is 0 Å². The average Bonchev–Trinajstić information content (AvgIpc) is 2.27. The third-order valence-electron chi connectivity index (χ3n) is 1.66. The SMILES string of the molecule is C/C=C/C=C/C(=O)OC(=O)CC(=CC(=O)O)C(=O)O. The first-order valence-corrected chi connectivity index (χ1v) is 5.07. The van der Waals surface area contributed by atoms with Crippen molar-refractivity contribution in [1.82, 2.24) is 0 Å². The summed E-state index contributed by atoms with van der Waals surface area (Å²) < 4.78 is 4.26. The third kappa shape index (κ3) is 8.08. The maximum Gasteiger partial charge on any atom is 0.338 e. The Bertz CT molecular complexity index is 468. The van der Waals surface area contributed by atoms with E-state index in [1.807, 2.05) is 0 Å². The molecular weight excluding hydrogens is 256 g/mol. The molecule has 0 saturated carbocycles. The highest BCUT2D eigenvalue weighted by Crippen LogP contribution is 2.04. The van der Waals surface area contributed by atoms with Crippen LogP contribution in [0.5, 0.6) is 0 Å². The zero-order valence-electron chi connectivity index (χ0n) is 10.0. The highest BCUT2D eigenvalue weighted by Gasteiger charge is 2.17. The number of esters is 2. The summed E-state index contributed by atoms with van der Waals surface area (Å²) in [5, 5.41) is 17.0. The first-order chi connectivity index (χ1) is 8.86. The standard InChI is InChI=1S/C12H12O7/c1-2-3-4-5-10(15)19-11(16)7-8(12(17)18)6-9(13)14/h2-6H,7H2,1H3,(H,13,14)(H,17,18)/b3-2+,5-4+,8-6?. The second kappa shape index (κ2) is 8.40. The number of rotatable bonds is 6. The molecule has 0 atom stereocenters. The maximum absolute atomic E-state index is 11.2. The Morgan fingerprint density at radius 1 is 1.11 bits per heavy atom. The number of hydrogen-bond acceptors (Lipinski definition) is 5. The highest BCUT2D eigenvalue weighted by atomic mass is 16.6. The first kappa shape index (κ1) is 16.3. The van der Waals surface area contributed by atoms with E-state index in [0.29, 0.717) is 6.08 Å². The van der Waals surface area contributed by atoms with Crippen molar-refractivity contribution in [3.8, 4) is 0 Å². The van der Waals surface area contributed by atoms with E-state index in [2.05, 4.69) is 4.74 Å². The molecule has 0 saturated heterocycles. The van der Waals surface area contributed by atoms with E-state index in [1.54, 1.807) is 13.0 Å². The van der Waals surface area contributed by atoms with Crippen molar-refractivity contribution in [2.75, 3.05) is 0 Å². The van der Waals surface area contributed by atoms with Crippen LogP contribution in [-0.4, -0.2) is 34.1 Å². The molecule has 0 rings (SSSR count). The molecule has 19 heavy (non-hydrogen) atoms. The zero-order valence-corrected chi connectivity index (χ0v) is 10.0. The van der Waals surface area contributed by atoms with Gasteiger partial charge in [-0.15, -0.1) is 0 Å². The summed E-state index contributed by atoms with van der Waals surface area (Å²) >= 11 is 0. The molecule has 7 nitrogen and oxygen atoms in total. The van der Waals surface area contributed by atoms with Crippen molar-refractivity contribution in [2.24, 2.45) is 0 Å². The van der Waals surface area contributed by atoms with E-state index in [0.717, 1.165) is 6.08 Å². The number of carboxylic acids is 2. The molecule has 0 aliphatic heterocycles. The van der Waals surface area contributed by atoms with Gasteiger partial charge in [-0.2, -0.15) is 0 Å². The Hall–Kier alpha value is -2.70. The first-order valence-electron chi connectivity index (χ1n) is 5.07. The van der Waals surface area contributed by atoms with Crippen LogP contribution in [0, 0.1) is 0 Å². The van der Waals surface area contributed by atoms with Gasteiger partial charge in [0, 0.05) is 12.2 Å². The minimum Gasteiger partial charge on any atom is -0.478 e. The fourth-order valence-corrected chi connectivity index (χ4v) is 0.920. The molecule has 0 unspecified atom stereocenters. The van der Waals surface area contributed by atoms with E-state index in [9.17, 15) is 19.2 Å². The smallest absolute Gasteiger partial charge is 0.338 e. The van der Waals surface area contributed by atoms with Crippen LogP contribution in [0.25, 0.3) is 0 Å². The molecule has 0 aromatic rings. The lowest BCUT2D eigenvalue weighted by Crippen LogP contribution is -2.14. The summed E-state index contributed by atoms with van der Waals surface area (Å²) in [4.78, 5) is 43.2. The summed E-state index contributed by atoms with van der Waals surface area (Å²) in [7, 11) is 0. The number of allylic oxidation sites excluding steroid dienone is 3. The van der Waals surface area contributed by atoms with Crippen LogP contribution in [-0.2, 0) is 23.9 Å². The fourth-order valence-electron chi connectivity index (χ4n) is 0.920. The lowest BCUT2D eigenvalue weighted by molar-refractivity contribution is -0.156. The number of carbonyl (C=O) groups excluding carboxylic acids is 2. The minimum absolute atomic E-state index is 0.365. The minimum atomic E-state index is -1.57. The Balaban J connectivity index is 4.56. The van der Waals surface area contributed by atoms with Crippen LogP contribution in [0.1, 0.15) is 13.3 Å². The van der Waals surface area contributed by atoms with Gasteiger partial charge in [-0.05, 0) is 6.92 Å². The van der Waals surface area contributed by atoms with Crippen LogP contribution in [0.15, 0.2) is 36.0 Å². The molecule has 0 aliphatic rings. The number of aliphatic carboxylic acids is 2. The van der Waals surface area contributed by atoms with Crippen LogP contribution in [0.3, 0.4) is 0 Å². The predicted octanol–water partition coefficient (Wildman–Crippen LogP) is 0.674. The van der Waals surface area contributed by atoms with Crippen LogP contribution in [0.2, 0.25) is 0 Å². The number of carboxylic acid groups (broad SMARTS) is 2. The Morgan fingerprint density at radius 3 is 2.21 bits per heavy atom. The van der Waals surface area contributed by atoms with E-state index in [-0.39, 0.29) is 0 Å². The van der Waals surface area contributed by atoms with Gasteiger partial charge in [0.1, 0.15) is 0 Å². The molecule has 0 aromatic carbocycles. The molecule has 0 aromatic heterocycles. The van der Waals surface area contributed by atoms with E-state index < -0.39 is 35.9 Å². The molecule has 0 radical (unpaired) electrons. The molecule has 0 heterocycles. The topological polar surface area (TPSA) is 118 Å². The Labute approximate surface area is 108 Å².